The lowest BCUT2D eigenvalue weighted by atomic mass is 10.1. The van der Waals surface area contributed by atoms with Gasteiger partial charge in [-0.25, -0.2) is 9.78 Å². The van der Waals surface area contributed by atoms with Gasteiger partial charge in [0.1, 0.15) is 11.7 Å². The zero-order valence-electron chi connectivity index (χ0n) is 25.5. The van der Waals surface area contributed by atoms with Gasteiger partial charge in [-0.3, -0.25) is 14.2 Å². The van der Waals surface area contributed by atoms with Gasteiger partial charge in [0.25, 0.3) is 5.91 Å². The molecule has 2 aliphatic heterocycles. The molecule has 3 heterocycles. The number of benzene rings is 1. The van der Waals surface area contributed by atoms with E-state index in [0.717, 1.165) is 24.2 Å². The molecule has 4 rings (SSSR count). The van der Waals surface area contributed by atoms with Crippen molar-refractivity contribution in [1.82, 2.24) is 20.1 Å². The maximum Gasteiger partial charge on any atom is 0.407 e. The number of rotatable bonds is 13. The van der Waals surface area contributed by atoms with Crippen LogP contribution in [0.5, 0.6) is 0 Å². The van der Waals surface area contributed by atoms with Crippen molar-refractivity contribution in [3.05, 3.63) is 48.2 Å². The molecule has 1 aromatic carbocycles. The predicted octanol–water partition coefficient (Wildman–Crippen LogP) is 3.55. The van der Waals surface area contributed by atoms with Gasteiger partial charge in [-0.1, -0.05) is 30.3 Å². The summed E-state index contributed by atoms with van der Waals surface area (Å²) in [6.45, 7) is 5.82. The van der Waals surface area contributed by atoms with Crippen molar-refractivity contribution in [2.75, 3.05) is 70.7 Å². The number of nitrogens with one attached hydrogen (secondary N) is 1. The number of hydrogen-bond acceptors (Lipinski definition) is 9. The fraction of sp³-hybridized carbons (Fsp3) is 0.533. The van der Waals surface area contributed by atoms with Gasteiger partial charge in [0, 0.05) is 57.6 Å². The lowest BCUT2D eigenvalue weighted by Crippen LogP contribution is -2.56. The first-order valence-corrected chi connectivity index (χ1v) is 16.7. The summed E-state index contributed by atoms with van der Waals surface area (Å²) in [5.74, 6) is -0.957. The lowest BCUT2D eigenvalue weighted by Gasteiger charge is -2.35. The van der Waals surface area contributed by atoms with Crippen LogP contribution in [0, 0.1) is 0 Å². The van der Waals surface area contributed by atoms with Crippen LogP contribution in [-0.4, -0.2) is 116 Å². The van der Waals surface area contributed by atoms with E-state index in [1.165, 1.54) is 9.80 Å². The third-order valence-electron chi connectivity index (χ3n) is 7.76. The largest absolute Gasteiger partial charge is 0.465 e. The third-order valence-corrected chi connectivity index (χ3v) is 9.87. The first kappa shape index (κ1) is 33.4. The zero-order chi connectivity index (χ0) is 31.7. The molecule has 240 valence electrons. The van der Waals surface area contributed by atoms with Crippen molar-refractivity contribution in [2.45, 2.75) is 38.8 Å². The van der Waals surface area contributed by atoms with Crippen LogP contribution < -0.4 is 10.2 Å². The number of nitrogens with zero attached hydrogens (tertiary/aromatic N) is 4. The summed E-state index contributed by atoms with van der Waals surface area (Å²) in [5.41, 5.74) is 2.39. The molecule has 0 spiro atoms. The average Bonchev–Trinajstić information content (AvgIpc) is 3.53. The molecule has 0 unspecified atom stereocenters. The third kappa shape index (κ3) is 8.56. The smallest absolute Gasteiger partial charge is 0.407 e. The summed E-state index contributed by atoms with van der Waals surface area (Å²) < 4.78 is 29.6. The molecule has 1 aromatic heterocycles. The van der Waals surface area contributed by atoms with Gasteiger partial charge in [0.15, 0.2) is 0 Å². The molecule has 13 nitrogen and oxygen atoms in total. The van der Waals surface area contributed by atoms with E-state index >= 15 is 0 Å². The van der Waals surface area contributed by atoms with Crippen molar-refractivity contribution in [1.29, 1.82) is 0 Å². The summed E-state index contributed by atoms with van der Waals surface area (Å²) >= 11 is 0. The van der Waals surface area contributed by atoms with Crippen LogP contribution in [0.25, 0.3) is 11.3 Å². The number of carbonyl (C=O) groups is 3. The quantitative estimate of drug-likeness (QED) is 0.314. The SMILES string of the molecule is CCOP(=O)(CC[C@H](NC(=O)c1cc(N2CC[C@H](OC)C2)cc(-c2ccccc2)n1)C(=O)N1CCN(C(=O)O)CC1)OCC. The number of carboxylic acid groups (broad SMARTS) is 1. The Labute approximate surface area is 258 Å². The Morgan fingerprint density at radius 3 is 2.27 bits per heavy atom. The van der Waals surface area contributed by atoms with Crippen molar-refractivity contribution in [3.63, 3.8) is 0 Å². The molecular weight excluding hydrogens is 589 g/mol. The molecule has 2 atom stereocenters. The second-order valence-electron chi connectivity index (χ2n) is 10.6. The highest BCUT2D eigenvalue weighted by Crippen LogP contribution is 2.48. The maximum absolute atomic E-state index is 13.8. The number of ether oxygens (including phenoxy) is 1. The highest BCUT2D eigenvalue weighted by Gasteiger charge is 2.34. The monoisotopic (exact) mass is 631 g/mol. The topological polar surface area (TPSA) is 151 Å². The van der Waals surface area contributed by atoms with Crippen molar-refractivity contribution in [2.24, 2.45) is 0 Å². The fourth-order valence-electron chi connectivity index (χ4n) is 5.40. The van der Waals surface area contributed by atoms with Crippen LogP contribution in [0.1, 0.15) is 37.2 Å². The van der Waals surface area contributed by atoms with Crippen molar-refractivity contribution >= 4 is 31.2 Å². The molecule has 2 aliphatic rings. The van der Waals surface area contributed by atoms with Gasteiger partial charge in [-0.05, 0) is 38.8 Å². The van der Waals surface area contributed by atoms with E-state index in [0.29, 0.717) is 12.2 Å². The van der Waals surface area contributed by atoms with Crippen LogP contribution in [0.3, 0.4) is 0 Å². The molecule has 2 N–H and O–H groups in total. The molecule has 0 aliphatic carbocycles. The minimum absolute atomic E-state index is 0.00608. The zero-order valence-corrected chi connectivity index (χ0v) is 26.4. The Balaban J connectivity index is 1.61. The van der Waals surface area contributed by atoms with Crippen LogP contribution in [-0.2, 0) is 23.1 Å². The number of carbonyl (C=O) groups excluding carboxylic acids is 2. The first-order chi connectivity index (χ1) is 21.2. The molecule has 2 aromatic rings. The molecule has 0 radical (unpaired) electrons. The molecule has 2 saturated heterocycles. The van der Waals surface area contributed by atoms with Gasteiger partial charge in [-0.15, -0.1) is 0 Å². The van der Waals surface area contributed by atoms with Gasteiger partial charge >= 0.3 is 13.7 Å². The summed E-state index contributed by atoms with van der Waals surface area (Å²) in [5, 5.41) is 12.2. The highest BCUT2D eigenvalue weighted by atomic mass is 31.2. The molecule has 14 heteroatoms. The van der Waals surface area contributed by atoms with E-state index in [-0.39, 0.29) is 63.8 Å². The van der Waals surface area contributed by atoms with E-state index in [9.17, 15) is 24.1 Å². The standard InChI is InChI=1S/C30H42N5O8P/c1-4-42-44(40,43-5-2)18-12-25(29(37)33-14-16-34(17-15-33)30(38)39)32-28(36)27-20-23(35-13-11-24(21-35)41-3)19-26(31-27)22-9-7-6-8-10-22/h6-10,19-20,24-25H,4-5,11-18,21H2,1-3H3,(H,32,36)(H,38,39)/t24-,25-/m0/s1. The van der Waals surface area contributed by atoms with E-state index < -0.39 is 31.5 Å². The van der Waals surface area contributed by atoms with Crippen LogP contribution in [0.15, 0.2) is 42.5 Å². The normalized spacial score (nSPS) is 17.9. The second kappa shape index (κ2) is 15.5. The van der Waals surface area contributed by atoms with Gasteiger partial charge in [0.2, 0.25) is 5.91 Å². The van der Waals surface area contributed by atoms with Crippen LogP contribution in [0.4, 0.5) is 10.5 Å². The number of aromatic nitrogens is 1. The highest BCUT2D eigenvalue weighted by molar-refractivity contribution is 7.53. The lowest BCUT2D eigenvalue weighted by molar-refractivity contribution is -0.134. The van der Waals surface area contributed by atoms with E-state index in [4.69, 9.17) is 13.8 Å². The summed E-state index contributed by atoms with van der Waals surface area (Å²) in [4.78, 5) is 48.5. The Hall–Kier alpha value is -3.51. The van der Waals surface area contributed by atoms with Crippen molar-refractivity contribution in [3.8, 4) is 11.3 Å². The minimum atomic E-state index is -3.51. The first-order valence-electron chi connectivity index (χ1n) is 15.0. The maximum atomic E-state index is 13.8. The minimum Gasteiger partial charge on any atom is -0.465 e. The molecule has 0 bridgehead atoms. The van der Waals surface area contributed by atoms with Crippen LogP contribution in [0.2, 0.25) is 0 Å². The molecule has 0 saturated carbocycles. The Bertz CT molecular complexity index is 1330. The number of methoxy groups -OCH3 is 1. The van der Waals surface area contributed by atoms with Gasteiger partial charge in [-0.2, -0.15) is 0 Å². The van der Waals surface area contributed by atoms with Crippen molar-refractivity contribution < 1.29 is 37.8 Å². The van der Waals surface area contributed by atoms with E-state index in [1.54, 1.807) is 27.0 Å². The Morgan fingerprint density at radius 1 is 1.02 bits per heavy atom. The molecular formula is C30H42N5O8P. The number of piperazine rings is 1. The fourth-order valence-corrected chi connectivity index (χ4v) is 7.10. The number of amides is 3. The number of anilines is 1. The van der Waals surface area contributed by atoms with E-state index in [2.05, 4.69) is 15.2 Å². The van der Waals surface area contributed by atoms with E-state index in [1.807, 2.05) is 36.4 Å². The summed E-state index contributed by atoms with van der Waals surface area (Å²) in [6, 6.07) is 12.1. The summed E-state index contributed by atoms with van der Waals surface area (Å²) in [7, 11) is -1.83. The van der Waals surface area contributed by atoms with Crippen LogP contribution >= 0.6 is 7.60 Å². The van der Waals surface area contributed by atoms with Gasteiger partial charge < -0.3 is 38.9 Å². The molecule has 44 heavy (non-hydrogen) atoms. The predicted molar refractivity (Wildman–Crippen MR) is 165 cm³/mol. The summed E-state index contributed by atoms with van der Waals surface area (Å²) in [6.07, 6.45) is -0.211. The average molecular weight is 632 g/mol. The Morgan fingerprint density at radius 2 is 1.68 bits per heavy atom. The number of hydrogen-bond donors (Lipinski definition) is 2. The molecule has 2 fully saturated rings. The second-order valence-corrected chi connectivity index (χ2v) is 12.8. The Kier molecular flexibility index (Phi) is 11.7. The van der Waals surface area contributed by atoms with Gasteiger partial charge in [0.05, 0.1) is 31.2 Å². The molecule has 3 amide bonds. The number of pyridine rings is 1.